The van der Waals surface area contributed by atoms with Crippen LogP contribution in [0.3, 0.4) is 0 Å². The molecular formula is C22H26N4O5. The van der Waals surface area contributed by atoms with Crippen LogP contribution in [0.2, 0.25) is 0 Å². The van der Waals surface area contributed by atoms with Crippen molar-refractivity contribution in [3.63, 3.8) is 0 Å². The van der Waals surface area contributed by atoms with Crippen molar-refractivity contribution in [3.05, 3.63) is 34.9 Å². The molecule has 1 saturated carbocycles. The normalized spacial score (nSPS) is 19.4. The van der Waals surface area contributed by atoms with Gasteiger partial charge < -0.3 is 10.6 Å². The smallest absolute Gasteiger partial charge is 0.325 e. The number of rotatable bonds is 7. The van der Waals surface area contributed by atoms with Crippen molar-refractivity contribution >= 4 is 29.7 Å². The summed E-state index contributed by atoms with van der Waals surface area (Å²) < 4.78 is 0. The van der Waals surface area contributed by atoms with E-state index in [0.717, 1.165) is 23.3 Å². The topological polar surface area (TPSA) is 116 Å². The van der Waals surface area contributed by atoms with Crippen molar-refractivity contribution in [2.45, 2.75) is 51.0 Å². The van der Waals surface area contributed by atoms with Crippen LogP contribution in [-0.4, -0.2) is 64.6 Å². The van der Waals surface area contributed by atoms with Gasteiger partial charge in [0.15, 0.2) is 0 Å². The van der Waals surface area contributed by atoms with E-state index in [2.05, 4.69) is 10.6 Å². The minimum atomic E-state index is -0.717. The maximum Gasteiger partial charge on any atom is 0.325 e. The van der Waals surface area contributed by atoms with Crippen molar-refractivity contribution < 1.29 is 24.0 Å². The number of fused-ring (bicyclic) bond motifs is 1. The fraction of sp³-hybridized carbons (Fsp3) is 0.500. The van der Waals surface area contributed by atoms with Crippen LogP contribution in [-0.2, 0) is 9.59 Å². The Bertz CT molecular complexity index is 967. The Labute approximate surface area is 180 Å². The molecule has 4 rings (SSSR count). The zero-order valence-electron chi connectivity index (χ0n) is 17.5. The van der Waals surface area contributed by atoms with E-state index in [1.807, 2.05) is 6.92 Å². The first kappa shape index (κ1) is 21.0. The summed E-state index contributed by atoms with van der Waals surface area (Å²) in [4.78, 5) is 64.0. The van der Waals surface area contributed by atoms with Crippen molar-refractivity contribution in [1.29, 1.82) is 0 Å². The number of nitrogens with zero attached hydrogens (tertiary/aromatic N) is 2. The molecule has 1 aromatic carbocycles. The molecule has 164 valence electrons. The standard InChI is InChI=1S/C22H26N4O5/c1-14-5-6-15-16(13-14)19(29)25(18(15)28)12-7-17(27)23-10-4-11-26-20(30)22(24-21(26)31)8-2-3-9-22/h5-6,13H,2-4,7-12H2,1H3,(H,23,27)(H,24,31). The third kappa shape index (κ3) is 3.80. The molecule has 2 fully saturated rings. The predicted octanol–water partition coefficient (Wildman–Crippen LogP) is 1.35. The molecule has 0 atom stereocenters. The van der Waals surface area contributed by atoms with Crippen LogP contribution in [0.15, 0.2) is 18.2 Å². The first-order chi connectivity index (χ1) is 14.8. The van der Waals surface area contributed by atoms with E-state index < -0.39 is 5.54 Å². The zero-order chi connectivity index (χ0) is 22.2. The number of benzene rings is 1. The van der Waals surface area contributed by atoms with E-state index in [-0.39, 0.29) is 49.2 Å². The molecule has 3 aliphatic rings. The lowest BCUT2D eigenvalue weighted by Crippen LogP contribution is -2.44. The predicted molar refractivity (Wildman–Crippen MR) is 110 cm³/mol. The lowest BCUT2D eigenvalue weighted by molar-refractivity contribution is -0.131. The number of aryl methyl sites for hydroxylation is 1. The highest BCUT2D eigenvalue weighted by molar-refractivity contribution is 6.21. The Hall–Kier alpha value is -3.23. The summed E-state index contributed by atoms with van der Waals surface area (Å²) in [5, 5.41) is 5.55. The van der Waals surface area contributed by atoms with Crippen LogP contribution in [0, 0.1) is 6.92 Å². The Morgan fingerprint density at radius 2 is 1.74 bits per heavy atom. The number of urea groups is 1. The second-order valence-corrected chi connectivity index (χ2v) is 8.44. The third-order valence-electron chi connectivity index (χ3n) is 6.27. The molecular weight excluding hydrogens is 400 g/mol. The highest BCUT2D eigenvalue weighted by Crippen LogP contribution is 2.35. The van der Waals surface area contributed by atoms with E-state index in [1.54, 1.807) is 18.2 Å². The largest absolute Gasteiger partial charge is 0.356 e. The third-order valence-corrected chi connectivity index (χ3v) is 6.27. The first-order valence-electron chi connectivity index (χ1n) is 10.7. The van der Waals surface area contributed by atoms with Crippen LogP contribution >= 0.6 is 0 Å². The zero-order valence-corrected chi connectivity index (χ0v) is 17.5. The fourth-order valence-corrected chi connectivity index (χ4v) is 4.57. The van der Waals surface area contributed by atoms with Crippen molar-refractivity contribution in [2.75, 3.05) is 19.6 Å². The number of imide groups is 2. The van der Waals surface area contributed by atoms with Gasteiger partial charge in [0.05, 0.1) is 11.1 Å². The molecule has 2 heterocycles. The van der Waals surface area contributed by atoms with Gasteiger partial charge in [0.1, 0.15) is 5.54 Å². The number of hydrogen-bond acceptors (Lipinski definition) is 5. The summed E-state index contributed by atoms with van der Waals surface area (Å²) in [5.74, 6) is -1.22. The van der Waals surface area contributed by atoms with E-state index >= 15 is 0 Å². The van der Waals surface area contributed by atoms with Crippen molar-refractivity contribution in [1.82, 2.24) is 20.4 Å². The van der Waals surface area contributed by atoms with E-state index in [9.17, 15) is 24.0 Å². The van der Waals surface area contributed by atoms with Gasteiger partial charge in [-0.15, -0.1) is 0 Å². The summed E-state index contributed by atoms with van der Waals surface area (Å²) in [6, 6.07) is 4.73. The molecule has 9 nitrogen and oxygen atoms in total. The molecule has 0 bridgehead atoms. The number of carbonyl (C=O) groups excluding carboxylic acids is 5. The minimum absolute atomic E-state index is 0.00328. The molecule has 1 aliphatic carbocycles. The Kier molecular flexibility index (Phi) is 5.51. The SMILES string of the molecule is Cc1ccc2c(c1)C(=O)N(CCC(=O)NCCCN1C(=O)NC3(CCCC3)C1=O)C2=O. The maximum atomic E-state index is 12.6. The lowest BCUT2D eigenvalue weighted by atomic mass is 9.98. The highest BCUT2D eigenvalue weighted by atomic mass is 16.2. The molecule has 9 heteroatoms. The van der Waals surface area contributed by atoms with E-state index in [0.29, 0.717) is 36.9 Å². The molecule has 6 amide bonds. The highest BCUT2D eigenvalue weighted by Gasteiger charge is 2.52. The number of nitrogens with one attached hydrogen (secondary N) is 2. The molecule has 0 aromatic heterocycles. The first-order valence-corrected chi connectivity index (χ1v) is 10.7. The van der Waals surface area contributed by atoms with Gasteiger partial charge in [-0.05, 0) is 38.3 Å². The van der Waals surface area contributed by atoms with Crippen molar-refractivity contribution in [3.8, 4) is 0 Å². The monoisotopic (exact) mass is 426 g/mol. The molecule has 0 radical (unpaired) electrons. The molecule has 1 aromatic rings. The summed E-state index contributed by atoms with van der Waals surface area (Å²) >= 11 is 0. The van der Waals surface area contributed by atoms with Crippen LogP contribution < -0.4 is 10.6 Å². The maximum absolute atomic E-state index is 12.6. The molecule has 0 unspecified atom stereocenters. The summed E-state index contributed by atoms with van der Waals surface area (Å²) in [7, 11) is 0. The Morgan fingerprint density at radius 3 is 2.48 bits per heavy atom. The van der Waals surface area contributed by atoms with Gasteiger partial charge in [-0.25, -0.2) is 4.79 Å². The van der Waals surface area contributed by atoms with Gasteiger partial charge in [0, 0.05) is 26.1 Å². The summed E-state index contributed by atoms with van der Waals surface area (Å²) in [6.45, 7) is 2.39. The average molecular weight is 426 g/mol. The van der Waals surface area contributed by atoms with Gasteiger partial charge in [0.25, 0.3) is 17.7 Å². The van der Waals surface area contributed by atoms with Crippen LogP contribution in [0.25, 0.3) is 0 Å². The number of hydrogen-bond donors (Lipinski definition) is 2. The van der Waals surface area contributed by atoms with E-state index in [4.69, 9.17) is 0 Å². The molecule has 1 saturated heterocycles. The number of amides is 6. The minimum Gasteiger partial charge on any atom is -0.356 e. The average Bonchev–Trinajstić information content (AvgIpc) is 3.36. The van der Waals surface area contributed by atoms with Gasteiger partial charge in [0.2, 0.25) is 5.91 Å². The fourth-order valence-electron chi connectivity index (χ4n) is 4.57. The summed E-state index contributed by atoms with van der Waals surface area (Å²) in [6.07, 6.45) is 3.67. The molecule has 2 aliphatic heterocycles. The molecule has 1 spiro atoms. The van der Waals surface area contributed by atoms with Crippen molar-refractivity contribution in [2.24, 2.45) is 0 Å². The van der Waals surface area contributed by atoms with Crippen LogP contribution in [0.1, 0.15) is 64.8 Å². The van der Waals surface area contributed by atoms with Gasteiger partial charge >= 0.3 is 6.03 Å². The van der Waals surface area contributed by atoms with E-state index in [1.165, 1.54) is 4.90 Å². The molecule has 31 heavy (non-hydrogen) atoms. The summed E-state index contributed by atoms with van der Waals surface area (Å²) in [5.41, 5.74) is 0.915. The lowest BCUT2D eigenvalue weighted by Gasteiger charge is -2.20. The van der Waals surface area contributed by atoms with Crippen LogP contribution in [0.5, 0.6) is 0 Å². The molecule has 2 N–H and O–H groups in total. The van der Waals surface area contributed by atoms with Crippen LogP contribution in [0.4, 0.5) is 4.79 Å². The van der Waals surface area contributed by atoms with Gasteiger partial charge in [-0.2, -0.15) is 0 Å². The van der Waals surface area contributed by atoms with Gasteiger partial charge in [-0.1, -0.05) is 24.5 Å². The number of carbonyl (C=O) groups is 5. The second-order valence-electron chi connectivity index (χ2n) is 8.44. The second kappa shape index (κ2) is 8.13. The quantitative estimate of drug-likeness (QED) is 0.388. The van der Waals surface area contributed by atoms with Gasteiger partial charge in [-0.3, -0.25) is 29.0 Å². The Balaban J connectivity index is 1.20. The Morgan fingerprint density at radius 1 is 1.03 bits per heavy atom.